The van der Waals surface area contributed by atoms with E-state index in [9.17, 15) is 13.2 Å². The largest absolute Gasteiger partial charge is 0.374 e. The highest BCUT2D eigenvalue weighted by atomic mass is 35.5. The Labute approximate surface area is 194 Å². The van der Waals surface area contributed by atoms with Crippen molar-refractivity contribution in [3.05, 3.63) is 58.6 Å². The summed E-state index contributed by atoms with van der Waals surface area (Å²) in [5.41, 5.74) is 1.72. The number of carbonyl (C=O) groups excluding carboxylic acids is 1. The van der Waals surface area contributed by atoms with E-state index in [1.54, 1.807) is 6.07 Å². The van der Waals surface area contributed by atoms with E-state index in [0.717, 1.165) is 5.56 Å². The zero-order chi connectivity index (χ0) is 23.5. The molecule has 2 aromatic carbocycles. The van der Waals surface area contributed by atoms with Gasteiger partial charge in [-0.25, -0.2) is 8.42 Å². The summed E-state index contributed by atoms with van der Waals surface area (Å²) in [7, 11) is -3.88. The number of morpholine rings is 1. The van der Waals surface area contributed by atoms with Gasteiger partial charge in [0.15, 0.2) is 0 Å². The van der Waals surface area contributed by atoms with Gasteiger partial charge in [0.05, 0.1) is 29.9 Å². The molecule has 2 aromatic rings. The average molecular weight is 481 g/mol. The van der Waals surface area contributed by atoms with Crippen molar-refractivity contribution in [3.63, 3.8) is 0 Å². The smallest absolute Gasteiger partial charge is 0.255 e. The molecule has 3 rings (SSSR count). The molecule has 1 heterocycles. The van der Waals surface area contributed by atoms with Crippen molar-refractivity contribution in [1.29, 1.82) is 0 Å². The first-order valence-electron chi connectivity index (χ1n) is 10.5. The van der Waals surface area contributed by atoms with Crippen LogP contribution in [0.2, 0.25) is 5.02 Å². The lowest BCUT2D eigenvalue weighted by molar-refractivity contribution is -0.0440. The van der Waals surface area contributed by atoms with E-state index in [-0.39, 0.29) is 46.9 Å². The number of benzene rings is 2. The topological polar surface area (TPSA) is 84.9 Å². The molecule has 1 fully saturated rings. The normalized spacial score (nSPS) is 19.8. The summed E-state index contributed by atoms with van der Waals surface area (Å²) in [6, 6.07) is 11.6. The maximum Gasteiger partial charge on any atom is 0.255 e. The Morgan fingerprint density at radius 1 is 1.19 bits per heavy atom. The fourth-order valence-corrected chi connectivity index (χ4v) is 5.60. The Bertz CT molecular complexity index is 1060. The molecule has 0 bridgehead atoms. The van der Waals surface area contributed by atoms with Crippen LogP contribution in [0.15, 0.2) is 47.4 Å². The first-order valence-corrected chi connectivity index (χ1v) is 12.3. The highest BCUT2D eigenvalue weighted by Crippen LogP contribution is 2.28. The molecule has 0 spiro atoms. The molecular weight excluding hydrogens is 452 g/mol. The zero-order valence-electron chi connectivity index (χ0n) is 18.7. The fraction of sp³-hybridized carbons (Fsp3) is 0.435. The molecule has 1 N–H and O–H groups in total. The molecule has 0 radical (unpaired) electrons. The van der Waals surface area contributed by atoms with Crippen molar-refractivity contribution >= 4 is 33.2 Å². The maximum atomic E-state index is 13.2. The molecule has 1 aliphatic heterocycles. The van der Waals surface area contributed by atoms with Crippen molar-refractivity contribution in [2.75, 3.05) is 18.4 Å². The van der Waals surface area contributed by atoms with E-state index in [2.05, 4.69) is 5.32 Å². The third-order valence-electron chi connectivity index (χ3n) is 4.97. The molecule has 0 aliphatic carbocycles. The molecule has 7 nitrogen and oxygen atoms in total. The minimum absolute atomic E-state index is 0.0705. The second kappa shape index (κ2) is 10.3. The van der Waals surface area contributed by atoms with Crippen molar-refractivity contribution in [2.24, 2.45) is 0 Å². The lowest BCUT2D eigenvalue weighted by Gasteiger charge is -2.34. The summed E-state index contributed by atoms with van der Waals surface area (Å²) < 4.78 is 39.1. The second-order valence-electron chi connectivity index (χ2n) is 8.24. The number of carbonyl (C=O) groups is 1. The van der Waals surface area contributed by atoms with Gasteiger partial charge in [0.25, 0.3) is 5.91 Å². The van der Waals surface area contributed by atoms with Crippen molar-refractivity contribution < 1.29 is 22.7 Å². The molecule has 2 unspecified atom stereocenters. The van der Waals surface area contributed by atoms with Crippen LogP contribution in [0.25, 0.3) is 0 Å². The third-order valence-corrected chi connectivity index (χ3v) is 7.28. The van der Waals surface area contributed by atoms with Crippen LogP contribution in [0, 0.1) is 0 Å². The van der Waals surface area contributed by atoms with Gasteiger partial charge in [0.2, 0.25) is 10.0 Å². The van der Waals surface area contributed by atoms with E-state index in [1.165, 1.54) is 22.5 Å². The number of nitrogens with one attached hydrogen (secondary N) is 1. The van der Waals surface area contributed by atoms with Crippen molar-refractivity contribution in [1.82, 2.24) is 4.31 Å². The van der Waals surface area contributed by atoms with E-state index < -0.39 is 15.9 Å². The number of rotatable bonds is 7. The van der Waals surface area contributed by atoms with Gasteiger partial charge in [-0.05, 0) is 63.6 Å². The first kappa shape index (κ1) is 24.7. The number of ether oxygens (including phenoxy) is 2. The standard InChI is InChI=1S/C23H29ClN2O5S/c1-15(2)30-14-18-6-5-7-20(10-18)25-23(27)19-8-9-21(24)22(11-19)32(28,29)26-12-16(3)31-17(4)13-26/h5-11,15-17H,12-14H2,1-4H3,(H,25,27). The van der Waals surface area contributed by atoms with Gasteiger partial charge >= 0.3 is 0 Å². The molecule has 174 valence electrons. The van der Waals surface area contributed by atoms with Crippen molar-refractivity contribution in [3.8, 4) is 0 Å². The summed E-state index contributed by atoms with van der Waals surface area (Å²) in [6.07, 6.45) is -0.364. The Balaban J connectivity index is 1.81. The number of halogens is 1. The van der Waals surface area contributed by atoms with E-state index in [1.807, 2.05) is 45.9 Å². The Morgan fingerprint density at radius 2 is 1.88 bits per heavy atom. The lowest BCUT2D eigenvalue weighted by atomic mass is 10.2. The molecule has 9 heteroatoms. The fourth-order valence-electron chi connectivity index (χ4n) is 3.51. The first-order chi connectivity index (χ1) is 15.1. The molecule has 1 amide bonds. The van der Waals surface area contributed by atoms with Gasteiger partial charge in [-0.1, -0.05) is 23.7 Å². The predicted molar refractivity (Wildman–Crippen MR) is 125 cm³/mol. The number of anilines is 1. The van der Waals surface area contributed by atoms with E-state index in [0.29, 0.717) is 12.3 Å². The molecule has 32 heavy (non-hydrogen) atoms. The minimum Gasteiger partial charge on any atom is -0.374 e. The Hall–Kier alpha value is -1.97. The number of amides is 1. The molecule has 1 saturated heterocycles. The highest BCUT2D eigenvalue weighted by molar-refractivity contribution is 7.89. The van der Waals surface area contributed by atoms with Crippen LogP contribution in [-0.4, -0.2) is 50.0 Å². The maximum absolute atomic E-state index is 13.2. The Morgan fingerprint density at radius 3 is 2.53 bits per heavy atom. The SMILES string of the molecule is CC(C)OCc1cccc(NC(=O)c2ccc(Cl)c(S(=O)(=O)N3CC(C)OC(C)C3)c2)c1. The quantitative estimate of drug-likeness (QED) is 0.638. The molecule has 2 atom stereocenters. The van der Waals surface area contributed by atoms with Crippen LogP contribution >= 0.6 is 11.6 Å². The molecule has 0 saturated carbocycles. The summed E-state index contributed by atoms with van der Waals surface area (Å²) in [5, 5.41) is 2.88. The molecular formula is C23H29ClN2O5S. The van der Waals surface area contributed by atoms with E-state index in [4.69, 9.17) is 21.1 Å². The van der Waals surface area contributed by atoms with Crippen LogP contribution in [0.5, 0.6) is 0 Å². The number of sulfonamides is 1. The molecule has 1 aliphatic rings. The van der Waals surface area contributed by atoms with Crippen LogP contribution < -0.4 is 5.32 Å². The summed E-state index contributed by atoms with van der Waals surface area (Å²) in [6.45, 7) is 8.44. The average Bonchev–Trinajstić information content (AvgIpc) is 2.72. The van der Waals surface area contributed by atoms with Gasteiger partial charge in [0, 0.05) is 24.3 Å². The number of nitrogens with zero attached hydrogens (tertiary/aromatic N) is 1. The highest BCUT2D eigenvalue weighted by Gasteiger charge is 2.33. The zero-order valence-corrected chi connectivity index (χ0v) is 20.2. The third kappa shape index (κ3) is 6.08. The monoisotopic (exact) mass is 480 g/mol. The van der Waals surface area contributed by atoms with Crippen LogP contribution in [0.1, 0.15) is 43.6 Å². The summed E-state index contributed by atoms with van der Waals surface area (Å²) >= 11 is 6.24. The van der Waals surface area contributed by atoms with Crippen LogP contribution in [-0.2, 0) is 26.1 Å². The molecule has 0 aromatic heterocycles. The Kier molecular flexibility index (Phi) is 7.95. The second-order valence-corrected chi connectivity index (χ2v) is 10.6. The van der Waals surface area contributed by atoms with Gasteiger partial charge in [-0.15, -0.1) is 0 Å². The number of hydrogen-bond donors (Lipinski definition) is 1. The summed E-state index contributed by atoms with van der Waals surface area (Å²) in [5.74, 6) is -0.427. The lowest BCUT2D eigenvalue weighted by Crippen LogP contribution is -2.48. The number of hydrogen-bond acceptors (Lipinski definition) is 5. The predicted octanol–water partition coefficient (Wildman–Crippen LogP) is 4.32. The van der Waals surface area contributed by atoms with Gasteiger partial charge in [-0.3, -0.25) is 4.79 Å². The van der Waals surface area contributed by atoms with E-state index >= 15 is 0 Å². The minimum atomic E-state index is -3.88. The van der Waals surface area contributed by atoms with Crippen molar-refractivity contribution in [2.45, 2.75) is 57.5 Å². The summed E-state index contributed by atoms with van der Waals surface area (Å²) in [4.78, 5) is 12.8. The van der Waals surface area contributed by atoms with Crippen LogP contribution in [0.3, 0.4) is 0 Å². The van der Waals surface area contributed by atoms with Crippen LogP contribution in [0.4, 0.5) is 5.69 Å². The van der Waals surface area contributed by atoms with Gasteiger partial charge in [0.1, 0.15) is 4.90 Å². The van der Waals surface area contributed by atoms with Gasteiger partial charge in [-0.2, -0.15) is 4.31 Å². The van der Waals surface area contributed by atoms with Gasteiger partial charge < -0.3 is 14.8 Å².